The molecule has 2 fully saturated rings. The van der Waals surface area contributed by atoms with Gasteiger partial charge in [0, 0.05) is 5.71 Å². The van der Waals surface area contributed by atoms with Gasteiger partial charge in [-0.3, -0.25) is 4.79 Å². The lowest BCUT2D eigenvalue weighted by Crippen LogP contribution is -2.21. The zero-order valence-electron chi connectivity index (χ0n) is 10.1. The molecule has 2 N–H and O–H groups in total. The van der Waals surface area contributed by atoms with E-state index in [0.717, 1.165) is 18.1 Å². The van der Waals surface area contributed by atoms with Gasteiger partial charge in [-0.2, -0.15) is 5.10 Å². The van der Waals surface area contributed by atoms with E-state index in [2.05, 4.69) is 10.5 Å². The average Bonchev–Trinajstić information content (AvgIpc) is 2.98. The number of fused-ring (bicyclic) bond motifs is 2. The van der Waals surface area contributed by atoms with Crippen LogP contribution in [0.1, 0.15) is 36.0 Å². The minimum absolute atomic E-state index is 0.0110. The molecule has 4 heteroatoms. The van der Waals surface area contributed by atoms with E-state index in [4.69, 9.17) is 0 Å². The van der Waals surface area contributed by atoms with Crippen molar-refractivity contribution >= 4 is 11.6 Å². The highest BCUT2D eigenvalue weighted by Crippen LogP contribution is 2.42. The summed E-state index contributed by atoms with van der Waals surface area (Å²) in [5.74, 6) is 0.988. The highest BCUT2D eigenvalue weighted by molar-refractivity contribution is 5.98. The number of benzene rings is 1. The second-order valence-electron chi connectivity index (χ2n) is 5.14. The van der Waals surface area contributed by atoms with Gasteiger partial charge in [-0.05, 0) is 49.7 Å². The summed E-state index contributed by atoms with van der Waals surface area (Å²) in [6, 6.07) is 6.50. The molecule has 1 aromatic rings. The maximum atomic E-state index is 11.9. The molecule has 0 saturated heterocycles. The van der Waals surface area contributed by atoms with Gasteiger partial charge in [-0.25, -0.2) is 5.43 Å². The van der Waals surface area contributed by atoms with Crippen molar-refractivity contribution in [3.63, 3.8) is 0 Å². The highest BCUT2D eigenvalue weighted by Gasteiger charge is 2.36. The number of hydrogen-bond donors (Lipinski definition) is 2. The topological polar surface area (TPSA) is 61.7 Å². The van der Waals surface area contributed by atoms with E-state index in [1.807, 2.05) is 0 Å². The Morgan fingerprint density at radius 1 is 1.33 bits per heavy atom. The van der Waals surface area contributed by atoms with Crippen molar-refractivity contribution in [3.05, 3.63) is 29.8 Å². The lowest BCUT2D eigenvalue weighted by molar-refractivity contribution is 0.0952. The Labute approximate surface area is 106 Å². The maximum absolute atomic E-state index is 11.9. The second kappa shape index (κ2) is 4.44. The van der Waals surface area contributed by atoms with E-state index in [-0.39, 0.29) is 17.2 Å². The Morgan fingerprint density at radius 2 is 2.17 bits per heavy atom. The van der Waals surface area contributed by atoms with Crippen LogP contribution >= 0.6 is 0 Å². The van der Waals surface area contributed by atoms with Gasteiger partial charge >= 0.3 is 0 Å². The summed E-state index contributed by atoms with van der Waals surface area (Å²) >= 11 is 0. The number of aromatic hydroxyl groups is 1. The molecule has 94 valence electrons. The first-order chi connectivity index (χ1) is 8.74. The van der Waals surface area contributed by atoms with Crippen LogP contribution in [0.2, 0.25) is 0 Å². The van der Waals surface area contributed by atoms with Gasteiger partial charge in [-0.15, -0.1) is 0 Å². The quantitative estimate of drug-likeness (QED) is 0.784. The van der Waals surface area contributed by atoms with E-state index in [9.17, 15) is 9.90 Å². The fraction of sp³-hybridized carbons (Fsp3) is 0.429. The highest BCUT2D eigenvalue weighted by atomic mass is 16.3. The number of hydrazone groups is 1. The first-order valence-corrected chi connectivity index (χ1v) is 6.39. The number of nitrogens with one attached hydrogen (secondary N) is 1. The van der Waals surface area contributed by atoms with Crippen LogP contribution in [0.4, 0.5) is 0 Å². The number of hydrogen-bond acceptors (Lipinski definition) is 3. The number of carbonyl (C=O) groups excluding carboxylic acids is 1. The predicted octanol–water partition coefficient (Wildman–Crippen LogP) is 2.30. The molecule has 0 radical (unpaired) electrons. The van der Waals surface area contributed by atoms with Crippen molar-refractivity contribution < 1.29 is 9.90 Å². The molecule has 3 rings (SSSR count). The van der Waals surface area contributed by atoms with Gasteiger partial charge in [0.25, 0.3) is 5.91 Å². The molecule has 18 heavy (non-hydrogen) atoms. The van der Waals surface area contributed by atoms with Crippen molar-refractivity contribution in [2.75, 3.05) is 0 Å². The van der Waals surface area contributed by atoms with Crippen LogP contribution in [0.15, 0.2) is 29.4 Å². The Balaban J connectivity index is 1.69. The molecular formula is C14H16N2O2. The third-order valence-corrected chi connectivity index (χ3v) is 3.96. The second-order valence-corrected chi connectivity index (χ2v) is 5.14. The monoisotopic (exact) mass is 244 g/mol. The zero-order valence-corrected chi connectivity index (χ0v) is 10.1. The molecule has 0 spiro atoms. The molecule has 0 aromatic heterocycles. The third-order valence-electron chi connectivity index (χ3n) is 3.96. The van der Waals surface area contributed by atoms with Crippen LogP contribution in [0.25, 0.3) is 0 Å². The van der Waals surface area contributed by atoms with Crippen molar-refractivity contribution in [1.82, 2.24) is 5.43 Å². The Bertz CT molecular complexity index is 510. The lowest BCUT2D eigenvalue weighted by atomic mass is 9.99. The molecule has 4 nitrogen and oxygen atoms in total. The van der Waals surface area contributed by atoms with Crippen molar-refractivity contribution in [3.8, 4) is 5.75 Å². The number of amides is 1. The lowest BCUT2D eigenvalue weighted by Gasteiger charge is -2.11. The maximum Gasteiger partial charge on any atom is 0.275 e. The third kappa shape index (κ3) is 1.98. The Morgan fingerprint density at radius 3 is 2.83 bits per heavy atom. The van der Waals surface area contributed by atoms with E-state index in [1.54, 1.807) is 18.2 Å². The van der Waals surface area contributed by atoms with Crippen LogP contribution in [0.5, 0.6) is 5.75 Å². The van der Waals surface area contributed by atoms with Crippen molar-refractivity contribution in [1.29, 1.82) is 0 Å². The standard InChI is InChI=1S/C14H16N2O2/c17-13-4-2-1-3-11(13)14(18)16-15-12-8-9-5-6-10(12)7-9/h1-4,9-10,17H,5-8H2,(H,16,18)/b15-12-/t9-,10+/m0/s1. The smallest absolute Gasteiger partial charge is 0.275 e. The molecule has 2 atom stereocenters. The molecule has 0 unspecified atom stereocenters. The minimum atomic E-state index is -0.344. The summed E-state index contributed by atoms with van der Waals surface area (Å²) in [5, 5.41) is 13.8. The van der Waals surface area contributed by atoms with Crippen LogP contribution in [-0.4, -0.2) is 16.7 Å². The first-order valence-electron chi connectivity index (χ1n) is 6.39. The van der Waals surface area contributed by atoms with Gasteiger partial charge < -0.3 is 5.11 Å². The van der Waals surface area contributed by atoms with Gasteiger partial charge in [-0.1, -0.05) is 12.1 Å². The van der Waals surface area contributed by atoms with E-state index in [1.165, 1.54) is 25.3 Å². The summed E-state index contributed by atoms with van der Waals surface area (Å²) in [6.07, 6.45) is 4.75. The summed E-state index contributed by atoms with van der Waals surface area (Å²) in [5.41, 5.74) is 3.94. The van der Waals surface area contributed by atoms with Crippen LogP contribution in [-0.2, 0) is 0 Å². The van der Waals surface area contributed by atoms with Crippen LogP contribution < -0.4 is 5.43 Å². The van der Waals surface area contributed by atoms with E-state index >= 15 is 0 Å². The summed E-state index contributed by atoms with van der Waals surface area (Å²) < 4.78 is 0. The average molecular weight is 244 g/mol. The fourth-order valence-electron chi connectivity index (χ4n) is 3.01. The van der Waals surface area contributed by atoms with Crippen LogP contribution in [0.3, 0.4) is 0 Å². The first kappa shape index (κ1) is 11.3. The molecule has 2 aliphatic rings. The summed E-state index contributed by atoms with van der Waals surface area (Å²) in [4.78, 5) is 11.9. The predicted molar refractivity (Wildman–Crippen MR) is 68.5 cm³/mol. The molecular weight excluding hydrogens is 228 g/mol. The summed E-state index contributed by atoms with van der Waals surface area (Å²) in [7, 11) is 0. The number of carbonyl (C=O) groups is 1. The number of phenols is 1. The van der Waals surface area contributed by atoms with Gasteiger partial charge in [0.05, 0.1) is 5.56 Å². The number of phenolic OH excluding ortho intramolecular Hbond substituents is 1. The van der Waals surface area contributed by atoms with Crippen LogP contribution in [0, 0.1) is 11.8 Å². The van der Waals surface area contributed by atoms with Gasteiger partial charge in [0.2, 0.25) is 0 Å². The summed E-state index contributed by atoms with van der Waals surface area (Å²) in [6.45, 7) is 0. The largest absolute Gasteiger partial charge is 0.507 e. The van der Waals surface area contributed by atoms with Gasteiger partial charge in [0.15, 0.2) is 0 Å². The normalized spacial score (nSPS) is 27.7. The zero-order chi connectivity index (χ0) is 12.5. The van der Waals surface area contributed by atoms with E-state index in [0.29, 0.717) is 5.92 Å². The van der Waals surface area contributed by atoms with Gasteiger partial charge in [0.1, 0.15) is 5.75 Å². The molecule has 2 bridgehead atoms. The fourth-order valence-corrected chi connectivity index (χ4v) is 3.01. The SMILES string of the molecule is O=C(N/N=C1/C[C@H]2CC[C@@H]1C2)c1ccccc1O. The molecule has 1 amide bonds. The molecule has 0 aliphatic heterocycles. The number of para-hydroxylation sites is 1. The Hall–Kier alpha value is -1.84. The molecule has 2 saturated carbocycles. The number of nitrogens with zero attached hydrogens (tertiary/aromatic N) is 1. The molecule has 1 aromatic carbocycles. The minimum Gasteiger partial charge on any atom is -0.507 e. The number of rotatable bonds is 2. The molecule has 2 aliphatic carbocycles. The molecule has 0 heterocycles. The van der Waals surface area contributed by atoms with E-state index < -0.39 is 0 Å². The van der Waals surface area contributed by atoms with Crippen molar-refractivity contribution in [2.45, 2.75) is 25.7 Å². The van der Waals surface area contributed by atoms with Crippen molar-refractivity contribution in [2.24, 2.45) is 16.9 Å². The Kier molecular flexibility index (Phi) is 2.78.